The minimum absolute atomic E-state index is 0.0786. The van der Waals surface area contributed by atoms with Gasteiger partial charge < -0.3 is 10.5 Å². The maximum absolute atomic E-state index is 10.6. The van der Waals surface area contributed by atoms with Crippen molar-refractivity contribution in [2.75, 3.05) is 7.11 Å². The van der Waals surface area contributed by atoms with Gasteiger partial charge in [-0.05, 0) is 35.7 Å². The first kappa shape index (κ1) is 15.5. The summed E-state index contributed by atoms with van der Waals surface area (Å²) in [4.78, 5) is 10.2. The number of halogens is 1. The fraction of sp³-hybridized carbons (Fsp3) is 0.200. The number of nitrogens with two attached hydrogens (primary N) is 1. The van der Waals surface area contributed by atoms with Gasteiger partial charge in [0.1, 0.15) is 5.75 Å². The second kappa shape index (κ2) is 6.69. The zero-order valence-electron chi connectivity index (χ0n) is 11.5. The number of nitrogens with zero attached hydrogens (tertiary/aromatic N) is 1. The number of hydrogen-bond acceptors (Lipinski definition) is 4. The van der Waals surface area contributed by atoms with Crippen molar-refractivity contribution in [2.45, 2.75) is 12.5 Å². The highest BCUT2D eigenvalue weighted by Crippen LogP contribution is 2.28. The normalized spacial score (nSPS) is 12.0. The van der Waals surface area contributed by atoms with Crippen molar-refractivity contribution >= 4 is 21.6 Å². The van der Waals surface area contributed by atoms with Crippen molar-refractivity contribution in [1.29, 1.82) is 0 Å². The van der Waals surface area contributed by atoms with E-state index in [0.29, 0.717) is 6.42 Å². The molecule has 2 rings (SSSR count). The van der Waals surface area contributed by atoms with Gasteiger partial charge in [0.25, 0.3) is 5.69 Å². The molecule has 6 heteroatoms. The quantitative estimate of drug-likeness (QED) is 0.659. The molecule has 0 fully saturated rings. The van der Waals surface area contributed by atoms with Gasteiger partial charge in [0.2, 0.25) is 0 Å². The maximum Gasteiger partial charge on any atom is 0.269 e. The summed E-state index contributed by atoms with van der Waals surface area (Å²) in [5.74, 6) is 0.743. The molecule has 1 unspecified atom stereocenters. The Balaban J connectivity index is 2.17. The molecule has 0 aliphatic heterocycles. The fourth-order valence-corrected chi connectivity index (χ4v) is 2.59. The van der Waals surface area contributed by atoms with Crippen LogP contribution in [0.4, 0.5) is 5.69 Å². The zero-order chi connectivity index (χ0) is 15.4. The minimum Gasteiger partial charge on any atom is -0.497 e. The first-order valence-electron chi connectivity index (χ1n) is 6.33. The van der Waals surface area contributed by atoms with Crippen LogP contribution in [0.3, 0.4) is 0 Å². The third-order valence-corrected chi connectivity index (χ3v) is 3.93. The minimum atomic E-state index is -0.414. The van der Waals surface area contributed by atoms with Gasteiger partial charge >= 0.3 is 0 Å². The highest BCUT2D eigenvalue weighted by molar-refractivity contribution is 9.10. The van der Waals surface area contributed by atoms with E-state index < -0.39 is 4.92 Å². The molecule has 0 aliphatic rings. The summed E-state index contributed by atoms with van der Waals surface area (Å²) in [5, 5.41) is 10.6. The first-order chi connectivity index (χ1) is 10.0. The van der Waals surface area contributed by atoms with Crippen molar-refractivity contribution < 1.29 is 9.66 Å². The third-order valence-electron chi connectivity index (χ3n) is 3.21. The van der Waals surface area contributed by atoms with E-state index in [1.165, 1.54) is 12.1 Å². The maximum atomic E-state index is 10.6. The summed E-state index contributed by atoms with van der Waals surface area (Å²) in [6, 6.07) is 11.8. The smallest absolute Gasteiger partial charge is 0.269 e. The highest BCUT2D eigenvalue weighted by atomic mass is 79.9. The van der Waals surface area contributed by atoms with Crippen molar-refractivity contribution in [3.8, 4) is 5.75 Å². The summed E-state index contributed by atoms with van der Waals surface area (Å²) in [5.41, 5.74) is 8.19. The zero-order valence-corrected chi connectivity index (χ0v) is 13.0. The van der Waals surface area contributed by atoms with Crippen LogP contribution in [0.5, 0.6) is 5.75 Å². The van der Waals surface area contributed by atoms with Gasteiger partial charge in [-0.3, -0.25) is 10.1 Å². The molecule has 0 aliphatic carbocycles. The Morgan fingerprint density at radius 3 is 2.52 bits per heavy atom. The third kappa shape index (κ3) is 3.80. The fourth-order valence-electron chi connectivity index (χ4n) is 2.05. The number of rotatable bonds is 5. The molecule has 5 nitrogen and oxygen atoms in total. The van der Waals surface area contributed by atoms with Gasteiger partial charge in [-0.15, -0.1) is 0 Å². The molecule has 110 valence electrons. The first-order valence-corrected chi connectivity index (χ1v) is 7.13. The Morgan fingerprint density at radius 2 is 1.95 bits per heavy atom. The number of nitro groups is 1. The van der Waals surface area contributed by atoms with Gasteiger partial charge in [-0.25, -0.2) is 0 Å². The molecule has 1 atom stereocenters. The summed E-state index contributed by atoms with van der Waals surface area (Å²) in [6.07, 6.45) is 0.587. The average molecular weight is 351 g/mol. The highest BCUT2D eigenvalue weighted by Gasteiger charge is 2.13. The second-order valence-electron chi connectivity index (χ2n) is 4.62. The molecule has 0 saturated heterocycles. The summed E-state index contributed by atoms with van der Waals surface area (Å²) < 4.78 is 6.12. The number of non-ortho nitro benzene ring substituents is 1. The van der Waals surface area contributed by atoms with Crippen LogP contribution < -0.4 is 10.5 Å². The van der Waals surface area contributed by atoms with Gasteiger partial charge in [0, 0.05) is 22.6 Å². The van der Waals surface area contributed by atoms with Gasteiger partial charge in [-0.1, -0.05) is 28.1 Å². The SMILES string of the molecule is COc1ccc(Br)c(C(N)Cc2ccc([N+](=O)[O-])cc2)c1. The number of nitro benzene ring substituents is 1. The molecular formula is C15H15BrN2O3. The molecule has 2 aromatic rings. The molecule has 2 aromatic carbocycles. The predicted molar refractivity (Wildman–Crippen MR) is 84.4 cm³/mol. The molecule has 0 spiro atoms. The lowest BCUT2D eigenvalue weighted by Gasteiger charge is -2.15. The average Bonchev–Trinajstić information content (AvgIpc) is 2.48. The van der Waals surface area contributed by atoms with E-state index >= 15 is 0 Å². The standard InChI is InChI=1S/C15H15BrN2O3/c1-21-12-6-7-14(16)13(9-12)15(17)8-10-2-4-11(5-3-10)18(19)20/h2-7,9,15H,8,17H2,1H3. The van der Waals surface area contributed by atoms with Crippen LogP contribution in [0.15, 0.2) is 46.9 Å². The molecular weight excluding hydrogens is 336 g/mol. The number of methoxy groups -OCH3 is 1. The molecule has 21 heavy (non-hydrogen) atoms. The Labute approximate surface area is 131 Å². The van der Waals surface area contributed by atoms with Crippen LogP contribution in [0.1, 0.15) is 17.2 Å². The molecule has 0 heterocycles. The van der Waals surface area contributed by atoms with Crippen molar-refractivity contribution in [3.05, 3.63) is 68.2 Å². The Morgan fingerprint density at radius 1 is 1.29 bits per heavy atom. The van der Waals surface area contributed by atoms with Crippen LogP contribution in [-0.2, 0) is 6.42 Å². The van der Waals surface area contributed by atoms with Crippen LogP contribution >= 0.6 is 15.9 Å². The summed E-state index contributed by atoms with van der Waals surface area (Å²) in [7, 11) is 1.61. The lowest BCUT2D eigenvalue weighted by molar-refractivity contribution is -0.384. The van der Waals surface area contributed by atoms with Crippen molar-refractivity contribution in [3.63, 3.8) is 0 Å². The van der Waals surface area contributed by atoms with Gasteiger partial charge in [0.05, 0.1) is 12.0 Å². The van der Waals surface area contributed by atoms with Crippen LogP contribution in [-0.4, -0.2) is 12.0 Å². The summed E-state index contributed by atoms with van der Waals surface area (Å²) in [6.45, 7) is 0. The van der Waals surface area contributed by atoms with Crippen LogP contribution in [0.2, 0.25) is 0 Å². The van der Waals surface area contributed by atoms with E-state index in [1.54, 1.807) is 19.2 Å². The Kier molecular flexibility index (Phi) is 4.93. The van der Waals surface area contributed by atoms with Crippen molar-refractivity contribution in [2.24, 2.45) is 5.73 Å². The topological polar surface area (TPSA) is 78.4 Å². The summed E-state index contributed by atoms with van der Waals surface area (Å²) >= 11 is 3.48. The number of benzene rings is 2. The predicted octanol–water partition coefficient (Wildman–Crippen LogP) is 3.61. The lowest BCUT2D eigenvalue weighted by Crippen LogP contribution is -2.14. The van der Waals surface area contributed by atoms with Crippen LogP contribution in [0, 0.1) is 10.1 Å². The van der Waals surface area contributed by atoms with Gasteiger partial charge in [0.15, 0.2) is 0 Å². The van der Waals surface area contributed by atoms with Gasteiger partial charge in [-0.2, -0.15) is 0 Å². The largest absolute Gasteiger partial charge is 0.497 e. The van der Waals surface area contributed by atoms with E-state index in [1.807, 2.05) is 18.2 Å². The lowest BCUT2D eigenvalue weighted by atomic mass is 9.99. The Hall–Kier alpha value is -1.92. The molecule has 2 N–H and O–H groups in total. The van der Waals surface area contributed by atoms with E-state index in [-0.39, 0.29) is 11.7 Å². The van der Waals surface area contributed by atoms with Crippen LogP contribution in [0.25, 0.3) is 0 Å². The molecule has 0 bridgehead atoms. The monoisotopic (exact) mass is 350 g/mol. The molecule has 0 radical (unpaired) electrons. The van der Waals surface area contributed by atoms with E-state index in [2.05, 4.69) is 15.9 Å². The molecule has 0 aromatic heterocycles. The van der Waals surface area contributed by atoms with E-state index in [4.69, 9.17) is 10.5 Å². The molecule has 0 saturated carbocycles. The Bertz CT molecular complexity index is 644. The molecule has 0 amide bonds. The second-order valence-corrected chi connectivity index (χ2v) is 5.48. The van der Waals surface area contributed by atoms with Crippen molar-refractivity contribution in [1.82, 2.24) is 0 Å². The van der Waals surface area contributed by atoms with E-state index in [9.17, 15) is 10.1 Å². The van der Waals surface area contributed by atoms with E-state index in [0.717, 1.165) is 21.3 Å². The number of hydrogen-bond donors (Lipinski definition) is 1. The number of ether oxygens (including phenoxy) is 1.